The Morgan fingerprint density at radius 1 is 1.47 bits per heavy atom. The smallest absolute Gasteiger partial charge is 0.387 e. The number of hydrogen-bond donors (Lipinski definition) is 2. The molecular weight excluding hydrogens is 254 g/mol. The van der Waals surface area contributed by atoms with Crippen molar-refractivity contribution in [1.82, 2.24) is 0 Å². The molecular formula is C13H18F2N2O2. The largest absolute Gasteiger partial charge is 0.434 e. The Morgan fingerprint density at radius 3 is 2.74 bits per heavy atom. The van der Waals surface area contributed by atoms with Crippen LogP contribution in [0.4, 0.5) is 14.5 Å². The van der Waals surface area contributed by atoms with E-state index in [1.165, 1.54) is 6.07 Å². The molecule has 1 aromatic carbocycles. The van der Waals surface area contributed by atoms with Crippen molar-refractivity contribution >= 4 is 11.6 Å². The summed E-state index contributed by atoms with van der Waals surface area (Å²) in [7, 11) is 0. The molecule has 0 saturated heterocycles. The van der Waals surface area contributed by atoms with Gasteiger partial charge in [0.1, 0.15) is 5.75 Å². The SMILES string of the molecule is CCCC(N)C(=O)Nc1ccc(C)c(OC(F)F)c1. The average molecular weight is 272 g/mol. The van der Waals surface area contributed by atoms with E-state index in [4.69, 9.17) is 5.73 Å². The molecule has 106 valence electrons. The fourth-order valence-corrected chi connectivity index (χ4v) is 1.58. The van der Waals surface area contributed by atoms with Gasteiger partial charge in [-0.2, -0.15) is 8.78 Å². The summed E-state index contributed by atoms with van der Waals surface area (Å²) in [6, 6.07) is 3.96. The fourth-order valence-electron chi connectivity index (χ4n) is 1.58. The number of anilines is 1. The van der Waals surface area contributed by atoms with Gasteiger partial charge in [0.05, 0.1) is 6.04 Å². The molecule has 1 atom stereocenters. The third-order valence-electron chi connectivity index (χ3n) is 2.61. The van der Waals surface area contributed by atoms with Gasteiger partial charge in [0, 0.05) is 11.8 Å². The first-order chi connectivity index (χ1) is 8.93. The predicted molar refractivity (Wildman–Crippen MR) is 69.3 cm³/mol. The van der Waals surface area contributed by atoms with Gasteiger partial charge in [-0.3, -0.25) is 4.79 Å². The van der Waals surface area contributed by atoms with Crippen LogP contribution in [0.25, 0.3) is 0 Å². The number of carbonyl (C=O) groups excluding carboxylic acids is 1. The highest BCUT2D eigenvalue weighted by Crippen LogP contribution is 2.24. The Kier molecular flexibility index (Phi) is 5.69. The number of aryl methyl sites for hydroxylation is 1. The zero-order chi connectivity index (χ0) is 14.4. The van der Waals surface area contributed by atoms with Crippen LogP contribution in [0.5, 0.6) is 5.75 Å². The Hall–Kier alpha value is -1.69. The molecule has 0 saturated carbocycles. The summed E-state index contributed by atoms with van der Waals surface area (Å²) >= 11 is 0. The summed E-state index contributed by atoms with van der Waals surface area (Å²) in [5, 5.41) is 2.58. The van der Waals surface area contributed by atoms with Gasteiger partial charge in [0.2, 0.25) is 5.91 Å². The predicted octanol–water partition coefficient (Wildman–Crippen LogP) is 2.66. The molecule has 0 aliphatic carbocycles. The topological polar surface area (TPSA) is 64.4 Å². The van der Waals surface area contributed by atoms with Crippen LogP contribution in [-0.4, -0.2) is 18.6 Å². The van der Waals surface area contributed by atoms with E-state index >= 15 is 0 Å². The van der Waals surface area contributed by atoms with Crippen molar-refractivity contribution < 1.29 is 18.3 Å². The van der Waals surface area contributed by atoms with Crippen LogP contribution < -0.4 is 15.8 Å². The molecule has 4 nitrogen and oxygen atoms in total. The van der Waals surface area contributed by atoms with Gasteiger partial charge >= 0.3 is 6.61 Å². The maximum atomic E-state index is 12.2. The molecule has 19 heavy (non-hydrogen) atoms. The van der Waals surface area contributed by atoms with Crippen molar-refractivity contribution in [2.75, 3.05) is 5.32 Å². The van der Waals surface area contributed by atoms with Crippen LogP contribution in [0.2, 0.25) is 0 Å². The van der Waals surface area contributed by atoms with E-state index in [2.05, 4.69) is 10.1 Å². The zero-order valence-electron chi connectivity index (χ0n) is 11.0. The Balaban J connectivity index is 2.76. The first kappa shape index (κ1) is 15.4. The fraction of sp³-hybridized carbons (Fsp3) is 0.462. The van der Waals surface area contributed by atoms with Crippen LogP contribution >= 0.6 is 0 Å². The van der Waals surface area contributed by atoms with E-state index in [1.54, 1.807) is 19.1 Å². The number of benzene rings is 1. The molecule has 0 aromatic heterocycles. The lowest BCUT2D eigenvalue weighted by atomic mass is 10.1. The highest BCUT2D eigenvalue weighted by molar-refractivity contribution is 5.94. The second-order valence-electron chi connectivity index (χ2n) is 4.24. The van der Waals surface area contributed by atoms with Crippen LogP contribution in [-0.2, 0) is 4.79 Å². The van der Waals surface area contributed by atoms with Gasteiger partial charge in [-0.05, 0) is 25.0 Å². The summed E-state index contributed by atoms with van der Waals surface area (Å²) in [5.74, 6) is -0.300. The van der Waals surface area contributed by atoms with Gasteiger partial charge in [-0.1, -0.05) is 19.4 Å². The van der Waals surface area contributed by atoms with Gasteiger partial charge in [0.25, 0.3) is 0 Å². The third kappa shape index (κ3) is 4.82. The number of hydrogen-bond acceptors (Lipinski definition) is 3. The number of alkyl halides is 2. The van der Waals surface area contributed by atoms with Gasteiger partial charge in [-0.25, -0.2) is 0 Å². The number of amides is 1. The monoisotopic (exact) mass is 272 g/mol. The Morgan fingerprint density at radius 2 is 2.16 bits per heavy atom. The number of rotatable bonds is 6. The molecule has 6 heteroatoms. The minimum absolute atomic E-state index is 0.0388. The number of nitrogens with two attached hydrogens (primary N) is 1. The average Bonchev–Trinajstić information content (AvgIpc) is 2.33. The van der Waals surface area contributed by atoms with Crippen molar-refractivity contribution in [3.8, 4) is 5.75 Å². The second-order valence-corrected chi connectivity index (χ2v) is 4.24. The summed E-state index contributed by atoms with van der Waals surface area (Å²) in [6.07, 6.45) is 1.36. The first-order valence-electron chi connectivity index (χ1n) is 6.06. The summed E-state index contributed by atoms with van der Waals surface area (Å²) < 4.78 is 28.7. The lowest BCUT2D eigenvalue weighted by Crippen LogP contribution is -2.35. The molecule has 0 aliphatic heterocycles. The third-order valence-corrected chi connectivity index (χ3v) is 2.61. The van der Waals surface area contributed by atoms with E-state index < -0.39 is 12.7 Å². The van der Waals surface area contributed by atoms with Crippen LogP contribution in [0.1, 0.15) is 25.3 Å². The second kappa shape index (κ2) is 7.04. The van der Waals surface area contributed by atoms with E-state index in [-0.39, 0.29) is 11.7 Å². The number of halogens is 2. The molecule has 0 radical (unpaired) electrons. The standard InChI is InChI=1S/C13H18F2N2O2/c1-3-4-10(16)12(18)17-9-6-5-8(2)11(7-9)19-13(14)15/h5-7,10,13H,3-4,16H2,1-2H3,(H,17,18). The van der Waals surface area contributed by atoms with E-state index in [1.807, 2.05) is 6.92 Å². The molecule has 0 spiro atoms. The zero-order valence-corrected chi connectivity index (χ0v) is 11.0. The van der Waals surface area contributed by atoms with Crippen molar-refractivity contribution in [2.45, 2.75) is 39.3 Å². The molecule has 1 rings (SSSR count). The number of carbonyl (C=O) groups is 1. The Labute approximate surface area is 110 Å². The van der Waals surface area contributed by atoms with Crippen molar-refractivity contribution in [3.05, 3.63) is 23.8 Å². The van der Waals surface area contributed by atoms with Crippen molar-refractivity contribution in [2.24, 2.45) is 5.73 Å². The molecule has 0 bridgehead atoms. The maximum Gasteiger partial charge on any atom is 0.387 e. The van der Waals surface area contributed by atoms with E-state index in [0.717, 1.165) is 6.42 Å². The summed E-state index contributed by atoms with van der Waals surface area (Å²) in [6.45, 7) is 0.673. The molecule has 0 heterocycles. The van der Waals surface area contributed by atoms with E-state index in [0.29, 0.717) is 17.7 Å². The highest BCUT2D eigenvalue weighted by Gasteiger charge is 2.14. The van der Waals surface area contributed by atoms with E-state index in [9.17, 15) is 13.6 Å². The highest BCUT2D eigenvalue weighted by atomic mass is 19.3. The van der Waals surface area contributed by atoms with Crippen LogP contribution in [0.15, 0.2) is 18.2 Å². The number of nitrogens with one attached hydrogen (secondary N) is 1. The molecule has 3 N–H and O–H groups in total. The molecule has 1 amide bonds. The Bertz CT molecular complexity index is 439. The molecule has 1 unspecified atom stereocenters. The number of ether oxygens (including phenoxy) is 1. The summed E-state index contributed by atoms with van der Waals surface area (Å²) in [4.78, 5) is 11.7. The maximum absolute atomic E-state index is 12.2. The molecule has 1 aromatic rings. The molecule has 0 aliphatic rings. The van der Waals surface area contributed by atoms with Crippen molar-refractivity contribution in [1.29, 1.82) is 0 Å². The van der Waals surface area contributed by atoms with Crippen LogP contribution in [0, 0.1) is 6.92 Å². The van der Waals surface area contributed by atoms with Crippen molar-refractivity contribution in [3.63, 3.8) is 0 Å². The minimum atomic E-state index is -2.90. The lowest BCUT2D eigenvalue weighted by Gasteiger charge is -2.13. The quantitative estimate of drug-likeness (QED) is 0.836. The molecule has 0 fully saturated rings. The van der Waals surface area contributed by atoms with Crippen LogP contribution in [0.3, 0.4) is 0 Å². The lowest BCUT2D eigenvalue weighted by molar-refractivity contribution is -0.117. The minimum Gasteiger partial charge on any atom is -0.434 e. The normalized spacial score (nSPS) is 12.3. The van der Waals surface area contributed by atoms with Gasteiger partial charge in [0.15, 0.2) is 0 Å². The summed E-state index contributed by atoms with van der Waals surface area (Å²) in [5.41, 5.74) is 6.61. The van der Waals surface area contributed by atoms with Gasteiger partial charge in [-0.15, -0.1) is 0 Å². The first-order valence-corrected chi connectivity index (χ1v) is 6.06. The van der Waals surface area contributed by atoms with Gasteiger partial charge < -0.3 is 15.8 Å².